The molecule has 0 amide bonds. The van der Waals surface area contributed by atoms with Gasteiger partial charge in [-0.15, -0.1) is 6.42 Å². The highest BCUT2D eigenvalue weighted by Gasteiger charge is 2.33. The summed E-state index contributed by atoms with van der Waals surface area (Å²) in [5.41, 5.74) is 0. The SMILES string of the molecule is C#CC1N(CC)N=NN1C(C)OC(=O)OC1CCCCC1. The van der Waals surface area contributed by atoms with Gasteiger partial charge in [0.15, 0.2) is 6.23 Å². The van der Waals surface area contributed by atoms with Crippen LogP contribution in [0.4, 0.5) is 4.79 Å². The maximum Gasteiger partial charge on any atom is 0.510 e. The Morgan fingerprint density at radius 1 is 1.38 bits per heavy atom. The average molecular weight is 294 g/mol. The minimum atomic E-state index is -0.671. The van der Waals surface area contributed by atoms with Crippen molar-refractivity contribution in [1.29, 1.82) is 0 Å². The van der Waals surface area contributed by atoms with Crippen LogP contribution in [0, 0.1) is 12.3 Å². The number of nitrogens with zero attached hydrogens (tertiary/aromatic N) is 4. The van der Waals surface area contributed by atoms with Crippen molar-refractivity contribution in [2.75, 3.05) is 6.54 Å². The molecule has 1 heterocycles. The highest BCUT2D eigenvalue weighted by atomic mass is 16.7. The van der Waals surface area contributed by atoms with E-state index in [1.165, 1.54) is 11.4 Å². The zero-order valence-electron chi connectivity index (χ0n) is 12.6. The lowest BCUT2D eigenvalue weighted by Gasteiger charge is -2.28. The van der Waals surface area contributed by atoms with E-state index in [1.54, 1.807) is 11.9 Å². The van der Waals surface area contributed by atoms with Crippen LogP contribution in [0.1, 0.15) is 46.0 Å². The largest absolute Gasteiger partial charge is 0.510 e. The summed E-state index contributed by atoms with van der Waals surface area (Å²) < 4.78 is 10.6. The van der Waals surface area contributed by atoms with Crippen molar-refractivity contribution in [2.24, 2.45) is 10.4 Å². The van der Waals surface area contributed by atoms with Crippen LogP contribution in [0.3, 0.4) is 0 Å². The second-order valence-electron chi connectivity index (χ2n) is 5.20. The van der Waals surface area contributed by atoms with E-state index in [-0.39, 0.29) is 6.10 Å². The Bertz CT molecular complexity index is 428. The number of carbonyl (C=O) groups excluding carboxylic acids is 1. The van der Waals surface area contributed by atoms with E-state index >= 15 is 0 Å². The Balaban J connectivity index is 1.83. The summed E-state index contributed by atoms with van der Waals surface area (Å²) in [5.74, 6) is 2.58. The first-order chi connectivity index (χ1) is 10.2. The lowest BCUT2D eigenvalue weighted by molar-refractivity contribution is -0.0678. The lowest BCUT2D eigenvalue weighted by Crippen LogP contribution is -2.43. The number of rotatable bonds is 4. The molecule has 2 unspecified atom stereocenters. The third-order valence-electron chi connectivity index (χ3n) is 3.72. The standard InChI is InChI=1S/C14H22N4O3/c1-4-13-17(5-2)15-16-18(13)11(3)20-14(19)21-12-9-7-6-8-10-12/h1,11-13H,5-10H2,2-3H3. The van der Waals surface area contributed by atoms with Gasteiger partial charge in [-0.2, -0.15) is 0 Å². The Hall–Kier alpha value is -1.97. The van der Waals surface area contributed by atoms with Gasteiger partial charge in [-0.3, -0.25) is 0 Å². The van der Waals surface area contributed by atoms with Crippen molar-refractivity contribution < 1.29 is 14.3 Å². The van der Waals surface area contributed by atoms with Crippen LogP contribution in [0.25, 0.3) is 0 Å². The molecule has 21 heavy (non-hydrogen) atoms. The zero-order chi connectivity index (χ0) is 15.2. The third-order valence-corrected chi connectivity index (χ3v) is 3.72. The maximum absolute atomic E-state index is 11.8. The van der Waals surface area contributed by atoms with Gasteiger partial charge in [0.1, 0.15) is 6.10 Å². The fraction of sp³-hybridized carbons (Fsp3) is 0.786. The molecule has 0 radical (unpaired) electrons. The molecule has 0 aromatic carbocycles. The Labute approximate surface area is 125 Å². The molecule has 1 fully saturated rings. The molecule has 2 rings (SSSR count). The molecule has 1 aliphatic carbocycles. The van der Waals surface area contributed by atoms with Gasteiger partial charge >= 0.3 is 6.16 Å². The van der Waals surface area contributed by atoms with Gasteiger partial charge in [0, 0.05) is 6.54 Å². The van der Waals surface area contributed by atoms with E-state index in [0.29, 0.717) is 6.54 Å². The second kappa shape index (κ2) is 7.16. The maximum atomic E-state index is 11.8. The van der Waals surface area contributed by atoms with E-state index in [1.807, 2.05) is 6.92 Å². The Kier molecular flexibility index (Phi) is 5.26. The number of hydrogen-bond donors (Lipinski definition) is 0. The predicted molar refractivity (Wildman–Crippen MR) is 75.6 cm³/mol. The Morgan fingerprint density at radius 2 is 2.10 bits per heavy atom. The van der Waals surface area contributed by atoms with Gasteiger partial charge in [0.25, 0.3) is 0 Å². The van der Waals surface area contributed by atoms with E-state index in [9.17, 15) is 4.79 Å². The van der Waals surface area contributed by atoms with E-state index in [0.717, 1.165) is 25.7 Å². The number of ether oxygens (including phenoxy) is 2. The van der Waals surface area contributed by atoms with Crippen molar-refractivity contribution in [1.82, 2.24) is 10.0 Å². The number of carbonyl (C=O) groups is 1. The normalized spacial score (nSPS) is 23.8. The van der Waals surface area contributed by atoms with Crippen molar-refractivity contribution in [3.05, 3.63) is 0 Å². The topological polar surface area (TPSA) is 66.7 Å². The summed E-state index contributed by atoms with van der Waals surface area (Å²) in [6.45, 7) is 4.26. The molecule has 1 aliphatic heterocycles. The first-order valence-corrected chi connectivity index (χ1v) is 7.45. The van der Waals surface area contributed by atoms with Crippen LogP contribution in [-0.2, 0) is 9.47 Å². The van der Waals surface area contributed by atoms with E-state index in [4.69, 9.17) is 15.9 Å². The predicted octanol–water partition coefficient (Wildman–Crippen LogP) is 2.70. The van der Waals surface area contributed by atoms with Crippen LogP contribution in [0.2, 0.25) is 0 Å². The summed E-state index contributed by atoms with van der Waals surface area (Å²) in [6, 6.07) is 0. The molecule has 0 aromatic heterocycles. The van der Waals surface area contributed by atoms with Crippen molar-refractivity contribution in [3.63, 3.8) is 0 Å². The summed E-state index contributed by atoms with van der Waals surface area (Å²) in [6.07, 6.45) is 8.93. The molecule has 0 aromatic rings. The average Bonchev–Trinajstić information content (AvgIpc) is 2.91. The summed E-state index contributed by atoms with van der Waals surface area (Å²) in [5, 5.41) is 11.0. The molecule has 2 atom stereocenters. The van der Waals surface area contributed by atoms with Crippen molar-refractivity contribution >= 4 is 6.16 Å². The quantitative estimate of drug-likeness (QED) is 0.589. The van der Waals surface area contributed by atoms with Gasteiger partial charge in [-0.05, 0) is 44.8 Å². The number of hydrogen-bond acceptors (Lipinski definition) is 7. The summed E-state index contributed by atoms with van der Waals surface area (Å²) >= 11 is 0. The fourth-order valence-corrected chi connectivity index (χ4v) is 2.54. The third kappa shape index (κ3) is 3.78. The summed E-state index contributed by atoms with van der Waals surface area (Å²) in [7, 11) is 0. The minimum absolute atomic E-state index is 0.0331. The molecule has 1 saturated carbocycles. The smallest absolute Gasteiger partial charge is 0.431 e. The van der Waals surface area contributed by atoms with Crippen LogP contribution in [0.5, 0.6) is 0 Å². The van der Waals surface area contributed by atoms with Gasteiger partial charge in [-0.25, -0.2) is 14.8 Å². The van der Waals surface area contributed by atoms with Gasteiger partial charge < -0.3 is 9.47 Å². The Morgan fingerprint density at radius 3 is 2.71 bits per heavy atom. The minimum Gasteiger partial charge on any atom is -0.431 e. The zero-order valence-corrected chi connectivity index (χ0v) is 12.6. The molecule has 7 nitrogen and oxygen atoms in total. The lowest BCUT2D eigenvalue weighted by atomic mass is 9.98. The molecule has 0 N–H and O–H groups in total. The van der Waals surface area contributed by atoms with Gasteiger partial charge in [0.05, 0.1) is 0 Å². The van der Waals surface area contributed by atoms with Crippen LogP contribution < -0.4 is 0 Å². The van der Waals surface area contributed by atoms with Crippen LogP contribution in [-0.4, -0.2) is 41.2 Å². The van der Waals surface area contributed by atoms with Gasteiger partial charge in [0.2, 0.25) is 6.17 Å². The molecule has 0 bridgehead atoms. The van der Waals surface area contributed by atoms with Crippen molar-refractivity contribution in [3.8, 4) is 12.3 Å². The van der Waals surface area contributed by atoms with Crippen LogP contribution in [0.15, 0.2) is 10.4 Å². The molecular formula is C14H22N4O3. The highest BCUT2D eigenvalue weighted by molar-refractivity contribution is 5.60. The molecule has 7 heteroatoms. The van der Waals surface area contributed by atoms with Gasteiger partial charge in [-0.1, -0.05) is 17.6 Å². The first kappa shape index (κ1) is 15.4. The fourth-order valence-electron chi connectivity index (χ4n) is 2.54. The van der Waals surface area contributed by atoms with Crippen LogP contribution >= 0.6 is 0 Å². The number of terminal acetylenes is 1. The second-order valence-corrected chi connectivity index (χ2v) is 5.20. The summed E-state index contributed by atoms with van der Waals surface area (Å²) in [4.78, 5) is 11.8. The van der Waals surface area contributed by atoms with E-state index < -0.39 is 18.5 Å². The molecular weight excluding hydrogens is 272 g/mol. The van der Waals surface area contributed by atoms with E-state index in [2.05, 4.69) is 16.4 Å². The highest BCUT2D eigenvalue weighted by Crippen LogP contribution is 2.22. The molecule has 0 saturated heterocycles. The monoisotopic (exact) mass is 294 g/mol. The molecule has 0 spiro atoms. The first-order valence-electron chi connectivity index (χ1n) is 7.45. The molecule has 2 aliphatic rings. The van der Waals surface area contributed by atoms with Crippen molar-refractivity contribution in [2.45, 2.75) is 64.4 Å². The molecule has 116 valence electrons.